The predicted octanol–water partition coefficient (Wildman–Crippen LogP) is 8.10. The molecule has 2 N–H and O–H groups in total. The minimum Gasteiger partial charge on any atom is -0.357 e. The summed E-state index contributed by atoms with van der Waals surface area (Å²) >= 11 is 0. The zero-order valence-electron chi connectivity index (χ0n) is 18.9. The van der Waals surface area contributed by atoms with Crippen LogP contribution < -0.4 is 5.73 Å². The van der Waals surface area contributed by atoms with Crippen LogP contribution in [-0.4, -0.2) is 6.61 Å². The molecule has 1 rings (SSSR count). The predicted molar refractivity (Wildman–Crippen MR) is 123 cm³/mol. The van der Waals surface area contributed by atoms with Gasteiger partial charge in [0.05, 0.1) is 0 Å². The van der Waals surface area contributed by atoms with E-state index in [4.69, 9.17) is 10.5 Å². The Kier molecular flexibility index (Phi) is 15.3. The average Bonchev–Trinajstić information content (AvgIpc) is 2.72. The topological polar surface area (TPSA) is 35.2 Å². The van der Waals surface area contributed by atoms with Crippen molar-refractivity contribution in [3.05, 3.63) is 35.9 Å². The Labute approximate surface area is 175 Å². The Balaban J connectivity index is 2.29. The van der Waals surface area contributed by atoms with Gasteiger partial charge in [-0.15, -0.1) is 0 Å². The molecule has 0 heterocycles. The third-order valence-electron chi connectivity index (χ3n) is 5.77. The maximum Gasteiger partial charge on any atom is 0.142 e. The Morgan fingerprint density at radius 3 is 1.64 bits per heavy atom. The lowest BCUT2D eigenvalue weighted by atomic mass is 9.96. The second-order valence-electron chi connectivity index (χ2n) is 8.45. The van der Waals surface area contributed by atoms with Gasteiger partial charge < -0.3 is 4.74 Å². The van der Waals surface area contributed by atoms with Gasteiger partial charge in [-0.25, -0.2) is 0 Å². The molecule has 1 aromatic rings. The smallest absolute Gasteiger partial charge is 0.142 e. The van der Waals surface area contributed by atoms with Crippen molar-refractivity contribution in [3.63, 3.8) is 0 Å². The van der Waals surface area contributed by atoms with E-state index in [2.05, 4.69) is 44.2 Å². The highest BCUT2D eigenvalue weighted by atomic mass is 16.5. The maximum atomic E-state index is 6.76. The molecule has 28 heavy (non-hydrogen) atoms. The summed E-state index contributed by atoms with van der Waals surface area (Å²) in [7, 11) is 0. The molecular formula is C26H47NO. The van der Waals surface area contributed by atoms with E-state index in [1.165, 1.54) is 83.5 Å². The Morgan fingerprint density at radius 2 is 1.11 bits per heavy atom. The maximum absolute atomic E-state index is 6.76. The lowest BCUT2D eigenvalue weighted by molar-refractivity contribution is -0.0559. The summed E-state index contributed by atoms with van der Waals surface area (Å²) in [6, 6.07) is 10.4. The highest BCUT2D eigenvalue weighted by Gasteiger charge is 2.27. The fourth-order valence-electron chi connectivity index (χ4n) is 3.86. The Bertz CT molecular complexity index is 447. The van der Waals surface area contributed by atoms with Crippen LogP contribution in [0.15, 0.2) is 30.3 Å². The molecular weight excluding hydrogens is 342 g/mol. The summed E-state index contributed by atoms with van der Waals surface area (Å²) in [5, 5.41) is 0. The second kappa shape index (κ2) is 17.0. The summed E-state index contributed by atoms with van der Waals surface area (Å²) < 4.78 is 6.28. The van der Waals surface area contributed by atoms with Gasteiger partial charge in [0.25, 0.3) is 0 Å². The highest BCUT2D eigenvalue weighted by Crippen LogP contribution is 2.27. The van der Waals surface area contributed by atoms with Crippen LogP contribution in [0, 0.1) is 0 Å². The first-order chi connectivity index (χ1) is 13.7. The van der Waals surface area contributed by atoms with E-state index in [0.29, 0.717) is 0 Å². The van der Waals surface area contributed by atoms with Gasteiger partial charge in [-0.2, -0.15) is 0 Å². The molecule has 0 aliphatic carbocycles. The molecule has 0 saturated carbocycles. The molecule has 0 aliphatic heterocycles. The quantitative estimate of drug-likeness (QED) is 0.192. The van der Waals surface area contributed by atoms with Crippen molar-refractivity contribution in [2.75, 3.05) is 6.61 Å². The van der Waals surface area contributed by atoms with Crippen molar-refractivity contribution in [1.29, 1.82) is 0 Å². The molecule has 1 aromatic carbocycles. The van der Waals surface area contributed by atoms with Gasteiger partial charge in [-0.05, 0) is 24.8 Å². The molecule has 0 amide bonds. The number of hydrogen-bond donors (Lipinski definition) is 1. The highest BCUT2D eigenvalue weighted by molar-refractivity contribution is 5.21. The van der Waals surface area contributed by atoms with Crippen molar-refractivity contribution in [2.45, 2.75) is 122 Å². The SMILES string of the molecule is CCCCCCCCCCOC(N)(CCCCCCCCC)c1ccccc1. The van der Waals surface area contributed by atoms with Crippen molar-refractivity contribution in [3.8, 4) is 0 Å². The molecule has 1 unspecified atom stereocenters. The monoisotopic (exact) mass is 389 g/mol. The fourth-order valence-corrected chi connectivity index (χ4v) is 3.86. The van der Waals surface area contributed by atoms with E-state index in [1.807, 2.05) is 0 Å². The number of hydrogen-bond acceptors (Lipinski definition) is 2. The number of nitrogens with two attached hydrogens (primary N) is 1. The molecule has 0 saturated heterocycles. The third-order valence-corrected chi connectivity index (χ3v) is 5.77. The number of rotatable bonds is 19. The summed E-state index contributed by atoms with van der Waals surface area (Å²) in [6.45, 7) is 5.32. The van der Waals surface area contributed by atoms with Crippen LogP contribution in [0.25, 0.3) is 0 Å². The van der Waals surface area contributed by atoms with Crippen LogP contribution in [0.5, 0.6) is 0 Å². The Morgan fingerprint density at radius 1 is 0.643 bits per heavy atom. The molecule has 2 nitrogen and oxygen atoms in total. The van der Waals surface area contributed by atoms with E-state index in [0.717, 1.165) is 31.4 Å². The zero-order chi connectivity index (χ0) is 20.3. The number of unbranched alkanes of at least 4 members (excludes halogenated alkanes) is 13. The van der Waals surface area contributed by atoms with Gasteiger partial charge in [-0.3, -0.25) is 5.73 Å². The van der Waals surface area contributed by atoms with Crippen LogP contribution in [0.3, 0.4) is 0 Å². The van der Waals surface area contributed by atoms with E-state index in [9.17, 15) is 0 Å². The van der Waals surface area contributed by atoms with Gasteiger partial charge in [0.1, 0.15) is 5.72 Å². The van der Waals surface area contributed by atoms with Gasteiger partial charge in [0.2, 0.25) is 0 Å². The first-order valence-corrected chi connectivity index (χ1v) is 12.2. The summed E-state index contributed by atoms with van der Waals surface area (Å²) in [4.78, 5) is 0. The molecule has 0 aromatic heterocycles. The van der Waals surface area contributed by atoms with Crippen LogP contribution in [0.2, 0.25) is 0 Å². The number of ether oxygens (including phenoxy) is 1. The minimum atomic E-state index is -0.619. The Hall–Kier alpha value is -0.860. The molecule has 0 spiro atoms. The second-order valence-corrected chi connectivity index (χ2v) is 8.45. The third kappa shape index (κ3) is 11.9. The normalized spacial score (nSPS) is 13.5. The van der Waals surface area contributed by atoms with Gasteiger partial charge in [0, 0.05) is 6.61 Å². The molecule has 0 aliphatic rings. The van der Waals surface area contributed by atoms with Gasteiger partial charge in [0.15, 0.2) is 0 Å². The van der Waals surface area contributed by atoms with Crippen molar-refractivity contribution in [2.24, 2.45) is 5.73 Å². The minimum absolute atomic E-state index is 0.619. The molecule has 0 radical (unpaired) electrons. The van der Waals surface area contributed by atoms with Crippen molar-refractivity contribution < 1.29 is 4.74 Å². The molecule has 0 bridgehead atoms. The standard InChI is InChI=1S/C26H47NO/c1-3-5-7-9-11-13-15-20-24-28-26(27,25-21-17-16-18-22-25)23-19-14-12-10-8-6-4-2/h16-18,21-22H,3-15,19-20,23-24,27H2,1-2H3. The molecule has 162 valence electrons. The van der Waals surface area contributed by atoms with Gasteiger partial charge >= 0.3 is 0 Å². The summed E-state index contributed by atoms with van der Waals surface area (Å²) in [5.74, 6) is 0. The van der Waals surface area contributed by atoms with Crippen LogP contribution >= 0.6 is 0 Å². The first-order valence-electron chi connectivity index (χ1n) is 12.2. The fraction of sp³-hybridized carbons (Fsp3) is 0.769. The van der Waals surface area contributed by atoms with Crippen LogP contribution in [0.4, 0.5) is 0 Å². The summed E-state index contributed by atoms with van der Waals surface area (Å²) in [5.41, 5.74) is 7.26. The number of benzene rings is 1. The lowest BCUT2D eigenvalue weighted by Crippen LogP contribution is -2.40. The van der Waals surface area contributed by atoms with E-state index >= 15 is 0 Å². The van der Waals surface area contributed by atoms with Crippen molar-refractivity contribution in [1.82, 2.24) is 0 Å². The van der Waals surface area contributed by atoms with Crippen LogP contribution in [-0.2, 0) is 10.5 Å². The zero-order valence-corrected chi connectivity index (χ0v) is 18.9. The first kappa shape index (κ1) is 25.2. The largest absolute Gasteiger partial charge is 0.357 e. The lowest BCUT2D eigenvalue weighted by Gasteiger charge is -2.30. The van der Waals surface area contributed by atoms with E-state index in [1.54, 1.807) is 0 Å². The summed E-state index contributed by atoms with van der Waals surface area (Å²) in [6.07, 6.45) is 20.6. The van der Waals surface area contributed by atoms with Gasteiger partial charge in [-0.1, -0.05) is 128 Å². The van der Waals surface area contributed by atoms with E-state index in [-0.39, 0.29) is 0 Å². The average molecular weight is 390 g/mol. The molecule has 1 atom stereocenters. The van der Waals surface area contributed by atoms with Crippen LogP contribution in [0.1, 0.15) is 122 Å². The van der Waals surface area contributed by atoms with Crippen molar-refractivity contribution >= 4 is 0 Å². The molecule has 0 fully saturated rings. The molecule has 2 heteroatoms. The van der Waals surface area contributed by atoms with E-state index < -0.39 is 5.72 Å².